The first kappa shape index (κ1) is 42.5. The lowest BCUT2D eigenvalue weighted by Gasteiger charge is -2.72. The lowest BCUT2D eigenvalue weighted by Crippen LogP contribution is -2.65. The summed E-state index contributed by atoms with van der Waals surface area (Å²) in [7, 11) is 4.34. The number of carboxylic acid groups (broad SMARTS) is 1. The standard InChI is InChI=1S/C49H75N3O5/c1-32(2)40-34(53)30-48(25-27-52(29-28-51(10)11)49(23-24-49)37-14-12-13-26-50-37)22-21-46(8)33(41(40)48)15-16-36-45(7)19-18-38(57-39(54)31-43(3,4)42(55)56)44(5,6)35(45)17-20-47(36,46)9/h12-14,26,32-33,35-36,38H,15-25,27-31H2,1-11H3,(H,55,56)/t33-,35?,36?,38+,45+,46-,47-,48-/m1/s1. The van der Waals surface area contributed by atoms with Crippen molar-refractivity contribution in [1.29, 1.82) is 0 Å². The van der Waals surface area contributed by atoms with Crippen LogP contribution in [0.2, 0.25) is 0 Å². The minimum atomic E-state index is -1.15. The van der Waals surface area contributed by atoms with Crippen LogP contribution in [0.3, 0.4) is 0 Å². The lowest BCUT2D eigenvalue weighted by molar-refractivity contribution is -0.233. The van der Waals surface area contributed by atoms with E-state index in [1.54, 1.807) is 19.4 Å². The number of allylic oxidation sites excluding steroid dienone is 2. The minimum Gasteiger partial charge on any atom is -0.481 e. The topological polar surface area (TPSA) is 100 Å². The maximum Gasteiger partial charge on any atom is 0.309 e. The molecule has 1 N–H and O–H groups in total. The summed E-state index contributed by atoms with van der Waals surface area (Å²) in [6.45, 7) is 23.2. The first-order valence-corrected chi connectivity index (χ1v) is 22.6. The van der Waals surface area contributed by atoms with E-state index in [0.29, 0.717) is 30.0 Å². The molecule has 8 atom stereocenters. The Kier molecular flexibility index (Phi) is 10.9. The third-order valence-corrected chi connectivity index (χ3v) is 18.1. The van der Waals surface area contributed by atoms with Gasteiger partial charge in [0.25, 0.3) is 0 Å². The Morgan fingerprint density at radius 1 is 0.895 bits per heavy atom. The molecule has 5 fully saturated rings. The van der Waals surface area contributed by atoms with E-state index in [9.17, 15) is 19.5 Å². The quantitative estimate of drug-likeness (QED) is 0.198. The Morgan fingerprint density at radius 3 is 2.23 bits per heavy atom. The Morgan fingerprint density at radius 2 is 1.61 bits per heavy atom. The molecule has 0 saturated heterocycles. The maximum absolute atomic E-state index is 14.4. The Bertz CT molecular complexity index is 1760. The molecule has 0 radical (unpaired) electrons. The number of esters is 1. The Balaban J connectivity index is 1.16. The number of hydrogen-bond donors (Lipinski definition) is 1. The fraction of sp³-hybridized carbons (Fsp3) is 0.796. The van der Waals surface area contributed by atoms with Crippen molar-refractivity contribution in [2.75, 3.05) is 33.7 Å². The fourth-order valence-electron chi connectivity index (χ4n) is 14.6. The highest BCUT2D eigenvalue weighted by atomic mass is 16.5. The second kappa shape index (κ2) is 14.6. The van der Waals surface area contributed by atoms with Gasteiger partial charge in [0.1, 0.15) is 6.10 Å². The molecular weight excluding hydrogens is 711 g/mol. The van der Waals surface area contributed by atoms with Crippen molar-refractivity contribution in [1.82, 2.24) is 14.8 Å². The van der Waals surface area contributed by atoms with E-state index >= 15 is 0 Å². The summed E-state index contributed by atoms with van der Waals surface area (Å²) in [5, 5.41) is 9.67. The average molecular weight is 786 g/mol. The van der Waals surface area contributed by atoms with E-state index in [1.165, 1.54) is 24.1 Å². The monoisotopic (exact) mass is 786 g/mol. The average Bonchev–Trinajstić information content (AvgIpc) is 3.87. The molecule has 8 heteroatoms. The largest absolute Gasteiger partial charge is 0.481 e. The number of hydrogen-bond acceptors (Lipinski definition) is 7. The van der Waals surface area contributed by atoms with Gasteiger partial charge in [0.2, 0.25) is 0 Å². The number of aromatic nitrogens is 1. The van der Waals surface area contributed by atoms with Crippen molar-refractivity contribution in [2.45, 2.75) is 157 Å². The predicted molar refractivity (Wildman–Crippen MR) is 225 cm³/mol. The second-order valence-corrected chi connectivity index (χ2v) is 22.5. The number of ether oxygens (including phenoxy) is 1. The predicted octanol–water partition coefficient (Wildman–Crippen LogP) is 9.72. The number of likely N-dealkylation sites (N-methyl/N-ethyl adjacent to an activating group) is 1. The zero-order chi connectivity index (χ0) is 41.6. The number of carbonyl (C=O) groups excluding carboxylic acids is 2. The van der Waals surface area contributed by atoms with E-state index in [4.69, 9.17) is 9.72 Å². The van der Waals surface area contributed by atoms with Crippen LogP contribution >= 0.6 is 0 Å². The summed E-state index contributed by atoms with van der Waals surface area (Å²) >= 11 is 0. The van der Waals surface area contributed by atoms with E-state index < -0.39 is 17.4 Å². The molecule has 1 heterocycles. The van der Waals surface area contributed by atoms with E-state index in [-0.39, 0.29) is 51.1 Å². The van der Waals surface area contributed by atoms with Crippen molar-refractivity contribution < 1.29 is 24.2 Å². The van der Waals surface area contributed by atoms with Gasteiger partial charge >= 0.3 is 11.9 Å². The van der Waals surface area contributed by atoms with Gasteiger partial charge < -0.3 is 14.7 Å². The van der Waals surface area contributed by atoms with Crippen molar-refractivity contribution >= 4 is 17.7 Å². The van der Waals surface area contributed by atoms with Gasteiger partial charge in [0, 0.05) is 36.5 Å². The molecular formula is C49H75N3O5. The maximum atomic E-state index is 14.4. The highest BCUT2D eigenvalue weighted by Crippen LogP contribution is 2.77. The molecule has 0 aromatic carbocycles. The van der Waals surface area contributed by atoms with Gasteiger partial charge in [-0.15, -0.1) is 0 Å². The Labute approximate surface area is 344 Å². The van der Waals surface area contributed by atoms with Crippen molar-refractivity contribution in [3.05, 3.63) is 41.2 Å². The number of nitrogens with zero attached hydrogens (tertiary/aromatic N) is 3. The SMILES string of the molecule is CC(C)C1=C2[C@H]3CCC4[C@@]5(C)CC[C@H](OC(=O)CC(C)(C)C(=O)O)C(C)(C)C5CC[C@@]4(C)[C@]3(C)CC[C@@]2(CCN(CCN(C)C)C2(c3ccccn3)CC2)CC1=O. The number of aliphatic carboxylic acids is 1. The van der Waals surface area contributed by atoms with Crippen LogP contribution in [-0.2, 0) is 24.7 Å². The van der Waals surface area contributed by atoms with Crippen LogP contribution in [-0.4, -0.2) is 77.4 Å². The molecule has 2 unspecified atom stereocenters. The number of carbonyl (C=O) groups is 3. The smallest absolute Gasteiger partial charge is 0.309 e. The third-order valence-electron chi connectivity index (χ3n) is 18.1. The molecule has 0 spiro atoms. The molecule has 6 aliphatic rings. The van der Waals surface area contributed by atoms with Crippen LogP contribution in [0.15, 0.2) is 35.5 Å². The summed E-state index contributed by atoms with van der Waals surface area (Å²) < 4.78 is 6.22. The second-order valence-electron chi connectivity index (χ2n) is 22.5. The summed E-state index contributed by atoms with van der Waals surface area (Å²) in [5.74, 6) is 0.648. The summed E-state index contributed by atoms with van der Waals surface area (Å²) in [5.41, 5.74) is 2.85. The van der Waals surface area contributed by atoms with Gasteiger partial charge in [-0.05, 0) is 163 Å². The summed E-state index contributed by atoms with van der Waals surface area (Å²) in [6, 6.07) is 6.38. The summed E-state index contributed by atoms with van der Waals surface area (Å²) in [4.78, 5) is 49.3. The van der Waals surface area contributed by atoms with Crippen LogP contribution < -0.4 is 0 Å². The van der Waals surface area contributed by atoms with Gasteiger partial charge in [-0.3, -0.25) is 24.3 Å². The molecule has 1 aromatic heterocycles. The molecule has 7 rings (SSSR count). The van der Waals surface area contributed by atoms with Gasteiger partial charge in [0.05, 0.1) is 23.1 Å². The number of rotatable bonds is 13. The van der Waals surface area contributed by atoms with Gasteiger partial charge in [0.15, 0.2) is 5.78 Å². The van der Waals surface area contributed by atoms with Gasteiger partial charge in [-0.25, -0.2) is 0 Å². The first-order chi connectivity index (χ1) is 26.6. The van der Waals surface area contributed by atoms with E-state index in [2.05, 4.69) is 84.5 Å². The van der Waals surface area contributed by atoms with Crippen LogP contribution in [0.25, 0.3) is 0 Å². The molecule has 0 aliphatic heterocycles. The normalized spacial score (nSPS) is 36.8. The van der Waals surface area contributed by atoms with Crippen LogP contribution in [0, 0.1) is 56.2 Å². The van der Waals surface area contributed by atoms with Gasteiger partial charge in [-0.2, -0.15) is 0 Å². The lowest BCUT2D eigenvalue weighted by atomic mass is 9.33. The highest BCUT2D eigenvalue weighted by molar-refractivity contribution is 6.00. The zero-order valence-electron chi connectivity index (χ0n) is 37.4. The third kappa shape index (κ3) is 6.77. The molecule has 0 bridgehead atoms. The first-order valence-electron chi connectivity index (χ1n) is 22.6. The molecule has 5 saturated carbocycles. The number of carboxylic acids is 1. The van der Waals surface area contributed by atoms with Crippen LogP contribution in [0.1, 0.15) is 151 Å². The zero-order valence-corrected chi connectivity index (χ0v) is 37.4. The molecule has 0 amide bonds. The van der Waals surface area contributed by atoms with Crippen molar-refractivity contribution in [2.24, 2.45) is 56.2 Å². The van der Waals surface area contributed by atoms with Crippen LogP contribution in [0.4, 0.5) is 0 Å². The van der Waals surface area contributed by atoms with Gasteiger partial charge in [-0.1, -0.05) is 60.1 Å². The molecule has 8 nitrogen and oxygen atoms in total. The molecule has 6 aliphatic carbocycles. The highest BCUT2D eigenvalue weighted by Gasteiger charge is 2.70. The van der Waals surface area contributed by atoms with Crippen molar-refractivity contribution in [3.8, 4) is 0 Å². The fourth-order valence-corrected chi connectivity index (χ4v) is 14.6. The number of ketones is 1. The van der Waals surface area contributed by atoms with Crippen molar-refractivity contribution in [3.63, 3.8) is 0 Å². The van der Waals surface area contributed by atoms with E-state index in [0.717, 1.165) is 77.4 Å². The molecule has 316 valence electrons. The Hall–Kier alpha value is -2.58. The molecule has 57 heavy (non-hydrogen) atoms. The summed E-state index contributed by atoms with van der Waals surface area (Å²) in [6.07, 6.45) is 14.3. The number of pyridine rings is 1. The number of fused-ring (bicyclic) bond motifs is 7. The van der Waals surface area contributed by atoms with Crippen LogP contribution in [0.5, 0.6) is 0 Å². The van der Waals surface area contributed by atoms with E-state index in [1.807, 2.05) is 12.3 Å². The number of Topliss-reactive ketones (excluding diaryl/α,β-unsaturated/α-hetero) is 1. The molecule has 1 aromatic rings. The minimum absolute atomic E-state index is 0.00422.